The van der Waals surface area contributed by atoms with Crippen LogP contribution in [-0.4, -0.2) is 24.2 Å². The fourth-order valence-corrected chi connectivity index (χ4v) is 2.22. The lowest BCUT2D eigenvalue weighted by Gasteiger charge is -2.23. The molecule has 1 unspecified atom stereocenters. The Morgan fingerprint density at radius 1 is 1.10 bits per heavy atom. The minimum Gasteiger partial charge on any atom is -0.487 e. The Morgan fingerprint density at radius 2 is 1.86 bits per heavy atom. The number of fused-ring (bicyclic) bond motifs is 1. The molecular formula is C18H26N2O. The van der Waals surface area contributed by atoms with E-state index in [9.17, 15) is 0 Å². The van der Waals surface area contributed by atoms with Crippen LogP contribution in [0.1, 0.15) is 27.7 Å². The maximum atomic E-state index is 6.14. The summed E-state index contributed by atoms with van der Waals surface area (Å²) in [6.45, 7) is 10.7. The third kappa shape index (κ3) is 4.71. The monoisotopic (exact) mass is 286 g/mol. The molecule has 1 atom stereocenters. The van der Waals surface area contributed by atoms with Gasteiger partial charge in [-0.3, -0.25) is 4.98 Å². The number of nitrogens with zero attached hydrogens (tertiary/aromatic N) is 1. The third-order valence-corrected chi connectivity index (χ3v) is 3.49. The average molecular weight is 286 g/mol. The van der Waals surface area contributed by atoms with Crippen molar-refractivity contribution in [2.45, 2.75) is 33.8 Å². The first-order valence-electron chi connectivity index (χ1n) is 7.78. The van der Waals surface area contributed by atoms with Gasteiger partial charge in [0.05, 0.1) is 11.7 Å². The van der Waals surface area contributed by atoms with Crippen molar-refractivity contribution in [1.29, 1.82) is 0 Å². The molecule has 0 aliphatic carbocycles. The van der Waals surface area contributed by atoms with Gasteiger partial charge in [0, 0.05) is 11.9 Å². The van der Waals surface area contributed by atoms with Crippen LogP contribution in [0.15, 0.2) is 36.5 Å². The number of pyridine rings is 1. The van der Waals surface area contributed by atoms with E-state index < -0.39 is 0 Å². The number of hydrogen-bond donors (Lipinski definition) is 1. The number of rotatable bonds is 7. The fraction of sp³-hybridized carbons (Fsp3) is 0.500. The van der Waals surface area contributed by atoms with Gasteiger partial charge in [-0.05, 0) is 30.5 Å². The molecule has 1 heterocycles. The summed E-state index contributed by atoms with van der Waals surface area (Å²) in [5.74, 6) is 1.95. The lowest BCUT2D eigenvalue weighted by molar-refractivity contribution is 0.147. The van der Waals surface area contributed by atoms with Gasteiger partial charge in [-0.1, -0.05) is 45.9 Å². The summed E-state index contributed by atoms with van der Waals surface area (Å²) in [5, 5.41) is 4.60. The zero-order chi connectivity index (χ0) is 15.2. The van der Waals surface area contributed by atoms with E-state index >= 15 is 0 Å². The minimum atomic E-state index is 0.159. The minimum absolute atomic E-state index is 0.159. The molecule has 21 heavy (non-hydrogen) atoms. The van der Waals surface area contributed by atoms with Gasteiger partial charge < -0.3 is 10.1 Å². The normalized spacial score (nSPS) is 13.0. The summed E-state index contributed by atoms with van der Waals surface area (Å²) >= 11 is 0. The number of aromatic nitrogens is 1. The van der Waals surface area contributed by atoms with E-state index in [0.717, 1.165) is 29.7 Å². The van der Waals surface area contributed by atoms with E-state index in [1.54, 1.807) is 0 Å². The molecule has 0 amide bonds. The number of hydrogen-bond acceptors (Lipinski definition) is 3. The molecule has 3 nitrogen and oxygen atoms in total. The third-order valence-electron chi connectivity index (χ3n) is 3.49. The maximum absolute atomic E-state index is 6.14. The highest BCUT2D eigenvalue weighted by Crippen LogP contribution is 2.20. The first kappa shape index (κ1) is 15.8. The fourth-order valence-electron chi connectivity index (χ4n) is 2.22. The van der Waals surface area contributed by atoms with Gasteiger partial charge in [0.25, 0.3) is 0 Å². The van der Waals surface area contributed by atoms with Crippen LogP contribution in [0, 0.1) is 11.8 Å². The van der Waals surface area contributed by atoms with Crippen LogP contribution < -0.4 is 10.1 Å². The molecule has 1 aromatic heterocycles. The van der Waals surface area contributed by atoms with E-state index in [0.29, 0.717) is 11.8 Å². The van der Waals surface area contributed by atoms with Crippen molar-refractivity contribution in [3.63, 3.8) is 0 Å². The summed E-state index contributed by atoms with van der Waals surface area (Å²) in [7, 11) is 0. The summed E-state index contributed by atoms with van der Waals surface area (Å²) in [6.07, 6.45) is 1.98. The molecule has 0 radical (unpaired) electrons. The van der Waals surface area contributed by atoms with E-state index in [1.165, 1.54) is 0 Å². The Kier molecular flexibility index (Phi) is 5.57. The molecule has 2 aromatic rings. The Balaban J connectivity index is 2.04. The molecule has 0 aliphatic heterocycles. The van der Waals surface area contributed by atoms with Gasteiger partial charge in [-0.15, -0.1) is 0 Å². The second-order valence-corrected chi connectivity index (χ2v) is 6.32. The van der Waals surface area contributed by atoms with E-state index in [-0.39, 0.29) is 6.10 Å². The zero-order valence-electron chi connectivity index (χ0n) is 13.5. The predicted molar refractivity (Wildman–Crippen MR) is 88.7 cm³/mol. The Labute approximate surface area is 127 Å². The first-order chi connectivity index (χ1) is 10.1. The van der Waals surface area contributed by atoms with E-state index in [1.807, 2.05) is 24.4 Å². The van der Waals surface area contributed by atoms with Crippen molar-refractivity contribution >= 4 is 10.9 Å². The number of ether oxygens (including phenoxy) is 1. The van der Waals surface area contributed by atoms with Crippen LogP contribution in [0.2, 0.25) is 0 Å². The average Bonchev–Trinajstić information content (AvgIpc) is 2.45. The molecule has 0 aliphatic rings. The Morgan fingerprint density at radius 3 is 2.57 bits per heavy atom. The molecule has 3 heteroatoms. The molecular weight excluding hydrogens is 260 g/mol. The van der Waals surface area contributed by atoms with Crippen molar-refractivity contribution in [3.05, 3.63) is 36.5 Å². The molecule has 0 bridgehead atoms. The standard InChI is InChI=1S/C18H26N2O/c1-13(2)10-19-12-18(14(3)4)21-16-9-15-7-5-6-8-17(15)20-11-16/h5-9,11,13-14,18-19H,10,12H2,1-4H3. The number of benzene rings is 1. The molecule has 2 rings (SSSR count). The summed E-state index contributed by atoms with van der Waals surface area (Å²) in [6, 6.07) is 10.2. The van der Waals surface area contributed by atoms with Crippen molar-refractivity contribution in [1.82, 2.24) is 10.3 Å². The van der Waals surface area contributed by atoms with Crippen molar-refractivity contribution < 1.29 is 4.74 Å². The summed E-state index contributed by atoms with van der Waals surface area (Å²) in [4.78, 5) is 4.46. The van der Waals surface area contributed by atoms with Gasteiger partial charge in [-0.2, -0.15) is 0 Å². The topological polar surface area (TPSA) is 34.1 Å². The highest BCUT2D eigenvalue weighted by atomic mass is 16.5. The van der Waals surface area contributed by atoms with Crippen molar-refractivity contribution in [2.75, 3.05) is 13.1 Å². The Bertz CT molecular complexity index is 566. The molecule has 0 saturated heterocycles. The van der Waals surface area contributed by atoms with Gasteiger partial charge in [0.2, 0.25) is 0 Å². The lowest BCUT2D eigenvalue weighted by atomic mass is 10.1. The molecule has 114 valence electrons. The van der Waals surface area contributed by atoms with Crippen molar-refractivity contribution in [3.8, 4) is 5.75 Å². The molecule has 0 fully saturated rings. The molecule has 1 N–H and O–H groups in total. The predicted octanol–water partition coefficient (Wildman–Crippen LogP) is 3.88. The lowest BCUT2D eigenvalue weighted by Crippen LogP contribution is -2.36. The number of para-hydroxylation sites is 1. The Hall–Kier alpha value is -1.61. The van der Waals surface area contributed by atoms with Crippen LogP contribution in [0.3, 0.4) is 0 Å². The van der Waals surface area contributed by atoms with Crippen LogP contribution in [-0.2, 0) is 0 Å². The van der Waals surface area contributed by atoms with E-state index in [2.05, 4.69) is 50.1 Å². The SMILES string of the molecule is CC(C)CNCC(Oc1cnc2ccccc2c1)C(C)C. The zero-order valence-corrected chi connectivity index (χ0v) is 13.5. The maximum Gasteiger partial charge on any atom is 0.138 e. The van der Waals surface area contributed by atoms with Crippen LogP contribution in [0.25, 0.3) is 10.9 Å². The van der Waals surface area contributed by atoms with Crippen LogP contribution in [0.5, 0.6) is 5.75 Å². The van der Waals surface area contributed by atoms with Gasteiger partial charge in [0.1, 0.15) is 11.9 Å². The largest absolute Gasteiger partial charge is 0.487 e. The summed E-state index contributed by atoms with van der Waals surface area (Å²) in [5.41, 5.74) is 1.00. The smallest absolute Gasteiger partial charge is 0.138 e. The number of nitrogens with one attached hydrogen (secondary N) is 1. The van der Waals surface area contributed by atoms with E-state index in [4.69, 9.17) is 4.74 Å². The van der Waals surface area contributed by atoms with Crippen LogP contribution in [0.4, 0.5) is 0 Å². The van der Waals surface area contributed by atoms with Gasteiger partial charge in [-0.25, -0.2) is 0 Å². The molecule has 0 saturated carbocycles. The van der Waals surface area contributed by atoms with Gasteiger partial charge in [0.15, 0.2) is 0 Å². The van der Waals surface area contributed by atoms with Crippen LogP contribution >= 0.6 is 0 Å². The molecule has 0 spiro atoms. The molecule has 1 aromatic carbocycles. The highest BCUT2D eigenvalue weighted by molar-refractivity contribution is 5.79. The second-order valence-electron chi connectivity index (χ2n) is 6.32. The highest BCUT2D eigenvalue weighted by Gasteiger charge is 2.15. The second kappa shape index (κ2) is 7.41. The summed E-state index contributed by atoms with van der Waals surface area (Å²) < 4.78 is 6.14. The van der Waals surface area contributed by atoms with Crippen molar-refractivity contribution in [2.24, 2.45) is 11.8 Å². The quantitative estimate of drug-likeness (QED) is 0.838. The van der Waals surface area contributed by atoms with Gasteiger partial charge >= 0.3 is 0 Å². The first-order valence-corrected chi connectivity index (χ1v) is 7.78.